The Morgan fingerprint density at radius 3 is 2.52 bits per heavy atom. The number of benzene rings is 1. The number of halogens is 1. The van der Waals surface area contributed by atoms with Gasteiger partial charge in [0, 0.05) is 45.2 Å². The Hall–Kier alpha value is -2.29. The first-order valence-corrected chi connectivity index (χ1v) is 10.3. The van der Waals surface area contributed by atoms with Gasteiger partial charge in [0.1, 0.15) is 17.5 Å². The normalized spacial score (nSPS) is 17.9. The molecule has 2 saturated heterocycles. The number of likely N-dealkylation sites (tertiary alicyclic amines) is 1. The monoisotopic (exact) mass is 420 g/mol. The van der Waals surface area contributed by atoms with Gasteiger partial charge in [-0.05, 0) is 31.0 Å². The van der Waals surface area contributed by atoms with Gasteiger partial charge in [-0.25, -0.2) is 4.79 Å². The van der Waals surface area contributed by atoms with Crippen molar-refractivity contribution >= 4 is 23.3 Å². The van der Waals surface area contributed by atoms with Crippen LogP contribution in [0.5, 0.6) is 5.75 Å². The molecule has 8 nitrogen and oxygen atoms in total. The predicted molar refractivity (Wildman–Crippen MR) is 108 cm³/mol. The molecule has 2 aromatic rings. The van der Waals surface area contributed by atoms with Gasteiger partial charge >= 0.3 is 6.03 Å². The molecule has 0 unspecified atom stereocenters. The Bertz CT molecular complexity index is 858. The summed E-state index contributed by atoms with van der Waals surface area (Å²) >= 11 is 6.46. The first kappa shape index (κ1) is 20.0. The summed E-state index contributed by atoms with van der Waals surface area (Å²) in [5.74, 6) is 0.804. The summed E-state index contributed by atoms with van der Waals surface area (Å²) in [7, 11) is 0. The van der Waals surface area contributed by atoms with Gasteiger partial charge in [0.15, 0.2) is 6.29 Å². The SMILES string of the molecule is O=C(N1CCC(Oc2cccc(Cl)c2N2CCCC2)CC1)n1ccc(C(O)O)n1. The number of aliphatic hydroxyl groups excluding tert-OH is 1. The third kappa shape index (κ3) is 4.34. The summed E-state index contributed by atoms with van der Waals surface area (Å²) in [6.07, 6.45) is 3.48. The van der Waals surface area contributed by atoms with Crippen LogP contribution in [0.3, 0.4) is 0 Å². The summed E-state index contributed by atoms with van der Waals surface area (Å²) in [4.78, 5) is 16.5. The second-order valence-electron chi connectivity index (χ2n) is 7.43. The number of rotatable bonds is 4. The van der Waals surface area contributed by atoms with E-state index in [1.165, 1.54) is 12.3 Å². The van der Waals surface area contributed by atoms with E-state index in [1.807, 2.05) is 18.2 Å². The average Bonchev–Trinajstić information content (AvgIpc) is 3.40. The number of carbonyl (C=O) groups is 1. The molecule has 2 fully saturated rings. The smallest absolute Gasteiger partial charge is 0.344 e. The molecule has 0 aliphatic carbocycles. The van der Waals surface area contributed by atoms with Crippen molar-refractivity contribution in [1.29, 1.82) is 0 Å². The van der Waals surface area contributed by atoms with Crippen molar-refractivity contribution in [3.63, 3.8) is 0 Å². The fraction of sp³-hybridized carbons (Fsp3) is 0.500. The lowest BCUT2D eigenvalue weighted by atomic mass is 10.1. The Labute approximate surface area is 174 Å². The molecule has 1 aromatic carbocycles. The number of ether oxygens (including phenoxy) is 1. The fourth-order valence-corrected chi connectivity index (χ4v) is 4.20. The summed E-state index contributed by atoms with van der Waals surface area (Å²) in [6.45, 7) is 3.06. The molecule has 2 N–H and O–H groups in total. The molecule has 9 heteroatoms. The number of para-hydroxylation sites is 1. The van der Waals surface area contributed by atoms with Crippen molar-refractivity contribution < 1.29 is 19.7 Å². The van der Waals surface area contributed by atoms with Gasteiger partial charge in [-0.15, -0.1) is 0 Å². The van der Waals surface area contributed by atoms with Crippen LogP contribution in [0.15, 0.2) is 30.5 Å². The molecule has 3 heterocycles. The summed E-state index contributed by atoms with van der Waals surface area (Å²) in [5.41, 5.74) is 1.02. The number of nitrogens with zero attached hydrogens (tertiary/aromatic N) is 4. The minimum absolute atomic E-state index is 0.00585. The molecular weight excluding hydrogens is 396 g/mol. The number of piperidine rings is 1. The molecule has 2 aliphatic rings. The van der Waals surface area contributed by atoms with Crippen molar-refractivity contribution in [2.75, 3.05) is 31.1 Å². The van der Waals surface area contributed by atoms with E-state index in [0.717, 1.165) is 42.0 Å². The summed E-state index contributed by atoms with van der Waals surface area (Å²) in [6, 6.07) is 6.89. The quantitative estimate of drug-likeness (QED) is 0.739. The molecule has 2 aliphatic heterocycles. The fourth-order valence-electron chi connectivity index (χ4n) is 3.91. The number of hydrogen-bond donors (Lipinski definition) is 2. The third-order valence-electron chi connectivity index (χ3n) is 5.45. The Morgan fingerprint density at radius 2 is 1.86 bits per heavy atom. The van der Waals surface area contributed by atoms with E-state index in [-0.39, 0.29) is 17.8 Å². The molecule has 4 rings (SSSR count). The van der Waals surface area contributed by atoms with Crippen molar-refractivity contribution in [3.8, 4) is 5.75 Å². The lowest BCUT2D eigenvalue weighted by molar-refractivity contribution is -0.0460. The standard InChI is InChI=1S/C20H25ClN4O4/c21-15-4-3-5-17(18(15)23-9-1-2-10-23)29-14-6-11-24(12-7-14)20(28)25-13-8-16(22-25)19(26)27/h3-5,8,13-14,19,26-27H,1-2,6-7,9-12H2. The summed E-state index contributed by atoms with van der Waals surface area (Å²) < 4.78 is 7.43. The second-order valence-corrected chi connectivity index (χ2v) is 7.83. The zero-order valence-corrected chi connectivity index (χ0v) is 16.8. The van der Waals surface area contributed by atoms with Crippen LogP contribution in [-0.4, -0.2) is 63.2 Å². The van der Waals surface area contributed by atoms with E-state index < -0.39 is 6.29 Å². The van der Waals surface area contributed by atoms with Crippen molar-refractivity contribution in [2.45, 2.75) is 38.1 Å². The molecule has 1 aromatic heterocycles. The minimum atomic E-state index is -1.69. The molecule has 29 heavy (non-hydrogen) atoms. The van der Waals surface area contributed by atoms with E-state index in [9.17, 15) is 4.79 Å². The van der Waals surface area contributed by atoms with Crippen LogP contribution in [0.2, 0.25) is 5.02 Å². The van der Waals surface area contributed by atoms with E-state index >= 15 is 0 Å². The maximum Gasteiger partial charge on any atom is 0.344 e. The maximum absolute atomic E-state index is 12.6. The number of amides is 1. The van der Waals surface area contributed by atoms with Crippen molar-refractivity contribution in [1.82, 2.24) is 14.7 Å². The van der Waals surface area contributed by atoms with Gasteiger partial charge in [0.05, 0.1) is 10.7 Å². The number of carbonyl (C=O) groups excluding carboxylic acids is 1. The first-order valence-electron chi connectivity index (χ1n) is 9.94. The average molecular weight is 421 g/mol. The third-order valence-corrected chi connectivity index (χ3v) is 5.75. The van der Waals surface area contributed by atoms with Crippen LogP contribution in [0.1, 0.15) is 37.7 Å². The summed E-state index contributed by atoms with van der Waals surface area (Å²) in [5, 5.41) is 22.9. The molecule has 0 atom stereocenters. The van der Waals surface area contributed by atoms with Gasteiger partial charge < -0.3 is 24.7 Å². The lowest BCUT2D eigenvalue weighted by Gasteiger charge is -2.33. The van der Waals surface area contributed by atoms with Crippen LogP contribution >= 0.6 is 11.6 Å². The van der Waals surface area contributed by atoms with Crippen LogP contribution < -0.4 is 9.64 Å². The lowest BCUT2D eigenvalue weighted by Crippen LogP contribution is -2.43. The molecule has 0 spiro atoms. The van der Waals surface area contributed by atoms with Crippen LogP contribution in [0.25, 0.3) is 0 Å². The largest absolute Gasteiger partial charge is 0.488 e. The number of hydrogen-bond acceptors (Lipinski definition) is 6. The highest BCUT2D eigenvalue weighted by atomic mass is 35.5. The van der Waals surface area contributed by atoms with E-state index in [4.69, 9.17) is 26.6 Å². The zero-order valence-electron chi connectivity index (χ0n) is 16.1. The van der Waals surface area contributed by atoms with Gasteiger partial charge in [-0.2, -0.15) is 9.78 Å². The van der Waals surface area contributed by atoms with Gasteiger partial charge in [-0.1, -0.05) is 17.7 Å². The Morgan fingerprint density at radius 1 is 1.14 bits per heavy atom. The minimum Gasteiger partial charge on any atom is -0.488 e. The zero-order chi connectivity index (χ0) is 20.4. The van der Waals surface area contributed by atoms with Crippen molar-refractivity contribution in [2.24, 2.45) is 0 Å². The Balaban J connectivity index is 1.38. The van der Waals surface area contributed by atoms with Crippen molar-refractivity contribution in [3.05, 3.63) is 41.2 Å². The highest BCUT2D eigenvalue weighted by Crippen LogP contribution is 2.38. The molecule has 0 saturated carbocycles. The topological polar surface area (TPSA) is 91.1 Å². The van der Waals surface area contributed by atoms with Gasteiger partial charge in [0.25, 0.3) is 0 Å². The highest BCUT2D eigenvalue weighted by Gasteiger charge is 2.27. The first-order chi connectivity index (χ1) is 14.0. The molecule has 1 amide bonds. The number of aromatic nitrogens is 2. The van der Waals surface area contributed by atoms with E-state index in [1.54, 1.807) is 4.90 Å². The van der Waals surface area contributed by atoms with Gasteiger partial charge in [-0.3, -0.25) is 0 Å². The maximum atomic E-state index is 12.6. The molecule has 0 radical (unpaired) electrons. The van der Waals surface area contributed by atoms with Crippen LogP contribution in [-0.2, 0) is 0 Å². The number of aliphatic hydroxyl groups is 2. The van der Waals surface area contributed by atoms with Crippen LogP contribution in [0.4, 0.5) is 10.5 Å². The predicted octanol–water partition coefficient (Wildman–Crippen LogP) is 2.63. The Kier molecular flexibility index (Phi) is 5.94. The van der Waals surface area contributed by atoms with E-state index in [2.05, 4.69) is 10.00 Å². The second kappa shape index (κ2) is 8.61. The molecule has 156 valence electrons. The number of anilines is 1. The van der Waals surface area contributed by atoms with Crippen LogP contribution in [0, 0.1) is 0 Å². The van der Waals surface area contributed by atoms with Gasteiger partial charge in [0.2, 0.25) is 0 Å². The molecule has 0 bridgehead atoms. The van der Waals surface area contributed by atoms with E-state index in [0.29, 0.717) is 31.0 Å². The highest BCUT2D eigenvalue weighted by molar-refractivity contribution is 6.33. The molecular formula is C20H25ClN4O4.